The third-order valence-electron chi connectivity index (χ3n) is 4.83. The zero-order valence-electron chi connectivity index (χ0n) is 17.0. The van der Waals surface area contributed by atoms with E-state index in [1.54, 1.807) is 4.52 Å². The van der Waals surface area contributed by atoms with Crippen molar-refractivity contribution in [1.29, 1.82) is 5.26 Å². The summed E-state index contributed by atoms with van der Waals surface area (Å²) in [6.45, 7) is 7.00. The van der Waals surface area contributed by atoms with Crippen LogP contribution < -0.4 is 10.1 Å². The lowest BCUT2D eigenvalue weighted by Crippen LogP contribution is -2.26. The minimum absolute atomic E-state index is 0.00219. The summed E-state index contributed by atoms with van der Waals surface area (Å²) in [5.41, 5.74) is 4.90. The van der Waals surface area contributed by atoms with Gasteiger partial charge in [0, 0.05) is 24.4 Å². The van der Waals surface area contributed by atoms with Crippen LogP contribution in [0.1, 0.15) is 40.9 Å². The fraction of sp³-hybridized carbons (Fsp3) is 0.364. The third-order valence-corrected chi connectivity index (χ3v) is 4.83. The summed E-state index contributed by atoms with van der Waals surface area (Å²) < 4.78 is 7.36. The maximum absolute atomic E-state index is 12.2. The molecular weight excluding hydrogens is 366 g/mol. The number of nitrogens with zero attached hydrogens (tertiary/aromatic N) is 4. The summed E-state index contributed by atoms with van der Waals surface area (Å²) in [5.74, 6) is 0.848. The summed E-state index contributed by atoms with van der Waals surface area (Å²) in [7, 11) is 0. The number of aromatic nitrogens is 3. The Morgan fingerprint density at radius 1 is 1.31 bits per heavy atom. The molecule has 3 aromatic rings. The fourth-order valence-electron chi connectivity index (χ4n) is 3.27. The number of benzene rings is 1. The van der Waals surface area contributed by atoms with Crippen LogP contribution in [0.2, 0.25) is 0 Å². The number of carbonyl (C=O) groups excluding carboxylic acids is 1. The van der Waals surface area contributed by atoms with E-state index in [9.17, 15) is 4.79 Å². The van der Waals surface area contributed by atoms with Crippen LogP contribution in [-0.2, 0) is 11.2 Å². The van der Waals surface area contributed by atoms with Gasteiger partial charge in [-0.2, -0.15) is 10.4 Å². The van der Waals surface area contributed by atoms with Crippen molar-refractivity contribution in [2.45, 2.75) is 40.0 Å². The first-order chi connectivity index (χ1) is 14.0. The minimum atomic E-state index is -0.00219. The molecule has 1 amide bonds. The van der Waals surface area contributed by atoms with Gasteiger partial charge < -0.3 is 10.1 Å². The van der Waals surface area contributed by atoms with Crippen molar-refractivity contribution in [3.8, 4) is 11.8 Å². The predicted molar refractivity (Wildman–Crippen MR) is 110 cm³/mol. The Balaban J connectivity index is 1.46. The Morgan fingerprint density at radius 3 is 2.90 bits per heavy atom. The van der Waals surface area contributed by atoms with E-state index < -0.39 is 0 Å². The average Bonchev–Trinajstić information content (AvgIpc) is 3.10. The second-order valence-electron chi connectivity index (χ2n) is 7.04. The molecule has 0 saturated carbocycles. The number of aryl methyl sites for hydroxylation is 3. The maximum atomic E-state index is 12.2. The highest BCUT2D eigenvalue weighted by atomic mass is 16.5. The van der Waals surface area contributed by atoms with Crippen LogP contribution in [0.3, 0.4) is 0 Å². The summed E-state index contributed by atoms with van der Waals surface area (Å²) >= 11 is 0. The molecule has 0 aliphatic rings. The van der Waals surface area contributed by atoms with Crippen LogP contribution in [0.25, 0.3) is 5.65 Å². The Bertz CT molecular complexity index is 1060. The SMILES string of the molecule is Cc1cccc(OCCCNC(=O)CCc2c(C)nc3c(C#N)cnn3c2C)c1. The number of nitriles is 1. The molecule has 1 N–H and O–H groups in total. The zero-order chi connectivity index (χ0) is 20.8. The number of amides is 1. The quantitative estimate of drug-likeness (QED) is 0.596. The van der Waals surface area contributed by atoms with Gasteiger partial charge in [-0.25, -0.2) is 9.50 Å². The van der Waals surface area contributed by atoms with Crippen molar-refractivity contribution < 1.29 is 9.53 Å². The van der Waals surface area contributed by atoms with E-state index >= 15 is 0 Å². The number of nitrogens with one attached hydrogen (secondary N) is 1. The first-order valence-corrected chi connectivity index (χ1v) is 9.69. The predicted octanol–water partition coefficient (Wildman–Crippen LogP) is 3.04. The molecule has 0 atom stereocenters. The molecule has 0 aliphatic carbocycles. The topological polar surface area (TPSA) is 92.3 Å². The van der Waals surface area contributed by atoms with Gasteiger partial charge in [-0.1, -0.05) is 12.1 Å². The van der Waals surface area contributed by atoms with Crippen LogP contribution >= 0.6 is 0 Å². The van der Waals surface area contributed by atoms with Gasteiger partial charge in [0.25, 0.3) is 0 Å². The Hall–Kier alpha value is -3.40. The highest BCUT2D eigenvalue weighted by Crippen LogP contribution is 2.18. The first-order valence-electron chi connectivity index (χ1n) is 9.69. The second-order valence-corrected chi connectivity index (χ2v) is 7.04. The second kappa shape index (κ2) is 9.20. The number of rotatable bonds is 8. The molecule has 150 valence electrons. The molecule has 0 saturated heterocycles. The maximum Gasteiger partial charge on any atom is 0.220 e. The van der Waals surface area contributed by atoms with Gasteiger partial charge in [0.05, 0.1) is 12.8 Å². The van der Waals surface area contributed by atoms with E-state index in [2.05, 4.69) is 21.5 Å². The van der Waals surface area contributed by atoms with Crippen LogP contribution in [0.5, 0.6) is 5.75 Å². The Labute approximate surface area is 170 Å². The lowest BCUT2D eigenvalue weighted by atomic mass is 10.1. The van der Waals surface area contributed by atoms with E-state index in [0.29, 0.717) is 37.2 Å². The summed E-state index contributed by atoms with van der Waals surface area (Å²) in [6, 6.07) is 10.0. The molecule has 2 aromatic heterocycles. The molecule has 3 rings (SSSR count). The van der Waals surface area contributed by atoms with Gasteiger partial charge in [0.2, 0.25) is 5.91 Å². The minimum Gasteiger partial charge on any atom is -0.494 e. The molecule has 1 aromatic carbocycles. The lowest BCUT2D eigenvalue weighted by Gasteiger charge is -2.11. The van der Waals surface area contributed by atoms with Gasteiger partial charge in [-0.05, 0) is 56.9 Å². The molecule has 0 spiro atoms. The Kier molecular flexibility index (Phi) is 6.45. The lowest BCUT2D eigenvalue weighted by molar-refractivity contribution is -0.121. The van der Waals surface area contributed by atoms with E-state index in [0.717, 1.165) is 34.7 Å². The van der Waals surface area contributed by atoms with Gasteiger partial charge in [-0.3, -0.25) is 4.79 Å². The molecule has 2 heterocycles. The molecule has 29 heavy (non-hydrogen) atoms. The standard InChI is InChI=1S/C22H25N5O2/c1-15-6-4-7-19(12-15)29-11-5-10-24-21(28)9-8-20-16(2)26-22-18(13-23)14-25-27(22)17(20)3/h4,6-7,12,14H,5,8-11H2,1-3H3,(H,24,28). The zero-order valence-corrected chi connectivity index (χ0v) is 17.0. The van der Waals surface area contributed by atoms with Crippen molar-refractivity contribution in [2.24, 2.45) is 0 Å². The highest BCUT2D eigenvalue weighted by Gasteiger charge is 2.14. The first kappa shape index (κ1) is 20.3. The van der Waals surface area contributed by atoms with Crippen molar-refractivity contribution in [3.63, 3.8) is 0 Å². The molecule has 0 radical (unpaired) electrons. The number of hydrogen-bond acceptors (Lipinski definition) is 5. The monoisotopic (exact) mass is 391 g/mol. The van der Waals surface area contributed by atoms with Gasteiger partial charge in [0.15, 0.2) is 5.65 Å². The van der Waals surface area contributed by atoms with E-state index in [-0.39, 0.29) is 5.91 Å². The summed E-state index contributed by atoms with van der Waals surface area (Å²) in [6.07, 6.45) is 3.22. The normalized spacial score (nSPS) is 10.7. The molecule has 0 bridgehead atoms. The smallest absolute Gasteiger partial charge is 0.220 e. The van der Waals surface area contributed by atoms with Crippen LogP contribution in [0, 0.1) is 32.1 Å². The van der Waals surface area contributed by atoms with E-state index in [4.69, 9.17) is 10.00 Å². The largest absolute Gasteiger partial charge is 0.494 e. The summed E-state index contributed by atoms with van der Waals surface area (Å²) in [4.78, 5) is 16.7. The number of fused-ring (bicyclic) bond motifs is 1. The van der Waals surface area contributed by atoms with Crippen LogP contribution in [-0.4, -0.2) is 33.7 Å². The number of ether oxygens (including phenoxy) is 1. The van der Waals surface area contributed by atoms with Crippen LogP contribution in [0.4, 0.5) is 0 Å². The third kappa shape index (κ3) is 4.91. The highest BCUT2D eigenvalue weighted by molar-refractivity contribution is 5.76. The summed E-state index contributed by atoms with van der Waals surface area (Å²) in [5, 5.41) is 16.3. The molecule has 0 aliphatic heterocycles. The number of carbonyl (C=O) groups is 1. The fourth-order valence-corrected chi connectivity index (χ4v) is 3.27. The van der Waals surface area contributed by atoms with Crippen LogP contribution in [0.15, 0.2) is 30.5 Å². The molecule has 0 unspecified atom stereocenters. The van der Waals surface area contributed by atoms with Crippen molar-refractivity contribution >= 4 is 11.6 Å². The van der Waals surface area contributed by atoms with Crippen molar-refractivity contribution in [3.05, 3.63) is 58.5 Å². The average molecular weight is 391 g/mol. The molecule has 0 fully saturated rings. The Morgan fingerprint density at radius 2 is 2.14 bits per heavy atom. The van der Waals surface area contributed by atoms with Gasteiger partial charge in [-0.15, -0.1) is 0 Å². The van der Waals surface area contributed by atoms with Crippen molar-refractivity contribution in [2.75, 3.05) is 13.2 Å². The van der Waals surface area contributed by atoms with Crippen molar-refractivity contribution in [1.82, 2.24) is 19.9 Å². The molecule has 7 nitrogen and oxygen atoms in total. The van der Waals surface area contributed by atoms with Gasteiger partial charge in [0.1, 0.15) is 17.4 Å². The van der Waals surface area contributed by atoms with E-state index in [1.165, 1.54) is 6.20 Å². The van der Waals surface area contributed by atoms with E-state index in [1.807, 2.05) is 45.0 Å². The number of hydrogen-bond donors (Lipinski definition) is 1. The molecule has 7 heteroatoms. The van der Waals surface area contributed by atoms with Gasteiger partial charge >= 0.3 is 0 Å². The molecular formula is C22H25N5O2.